The fourth-order valence-electron chi connectivity index (χ4n) is 5.74. The van der Waals surface area contributed by atoms with E-state index in [0.717, 1.165) is 22.0 Å². The number of aromatic nitrogens is 3. The van der Waals surface area contributed by atoms with Gasteiger partial charge in [0.25, 0.3) is 11.5 Å². The first-order chi connectivity index (χ1) is 23.5. The number of halogens is 4. The molecule has 0 bridgehead atoms. The minimum atomic E-state index is -1.16. The predicted octanol–water partition coefficient (Wildman–Crippen LogP) is 4.72. The Morgan fingerprint density at radius 1 is 0.755 bits per heavy atom. The Kier molecular flexibility index (Phi) is 9.51. The molecule has 49 heavy (non-hydrogen) atoms. The van der Waals surface area contributed by atoms with Gasteiger partial charge in [0.2, 0.25) is 5.78 Å². The number of anilines is 1. The summed E-state index contributed by atoms with van der Waals surface area (Å²) in [6, 6.07) is 16.9. The Labute approximate surface area is 277 Å². The summed E-state index contributed by atoms with van der Waals surface area (Å²) in [4.78, 5) is 56.3. The summed E-state index contributed by atoms with van der Waals surface area (Å²) in [5.41, 5.74) is 0.644. The standard InChI is InChI=1S/C36H29F4N5O4/c37-25-4-2-23(3-5-25)21-44-22-24(16-29-31(39)18-26(38)19-32(29)40)17-30(35(44)48)33(46)20-34(47)36(49)43-14-12-42(13-15-43)27-6-8-28(9-7-27)45-11-1-10-41-45/h1-11,17-19,22H,12-16,20-21H2. The highest BCUT2D eigenvalue weighted by Crippen LogP contribution is 2.21. The molecule has 0 radical (unpaired) electrons. The molecule has 0 saturated carbocycles. The third-order valence-electron chi connectivity index (χ3n) is 8.31. The van der Waals surface area contributed by atoms with Gasteiger partial charge in [0.05, 0.1) is 24.2 Å². The molecule has 1 aliphatic heterocycles. The zero-order chi connectivity index (χ0) is 34.7. The summed E-state index contributed by atoms with van der Waals surface area (Å²) >= 11 is 0. The van der Waals surface area contributed by atoms with E-state index in [1.165, 1.54) is 35.4 Å². The quantitative estimate of drug-likeness (QED) is 0.0923. The highest BCUT2D eigenvalue weighted by atomic mass is 19.1. The van der Waals surface area contributed by atoms with Gasteiger partial charge in [-0.3, -0.25) is 19.2 Å². The van der Waals surface area contributed by atoms with Gasteiger partial charge in [0.15, 0.2) is 5.78 Å². The first-order valence-corrected chi connectivity index (χ1v) is 15.4. The van der Waals surface area contributed by atoms with Crippen molar-refractivity contribution < 1.29 is 31.9 Å². The predicted molar refractivity (Wildman–Crippen MR) is 172 cm³/mol. The topological polar surface area (TPSA) is 97.5 Å². The minimum Gasteiger partial charge on any atom is -0.368 e. The molecule has 0 atom stereocenters. The summed E-state index contributed by atoms with van der Waals surface area (Å²) in [7, 11) is 0. The fraction of sp³-hybridized carbons (Fsp3) is 0.194. The van der Waals surface area contributed by atoms with Gasteiger partial charge in [-0.2, -0.15) is 5.10 Å². The van der Waals surface area contributed by atoms with Crippen molar-refractivity contribution in [2.24, 2.45) is 0 Å². The molecular weight excluding hydrogens is 642 g/mol. The van der Waals surface area contributed by atoms with E-state index < -0.39 is 70.3 Å². The molecular formula is C36H29F4N5O4. The summed E-state index contributed by atoms with van der Waals surface area (Å²) in [6.07, 6.45) is 3.44. The number of benzene rings is 3. The maximum absolute atomic E-state index is 14.5. The van der Waals surface area contributed by atoms with Crippen molar-refractivity contribution in [1.82, 2.24) is 19.2 Å². The summed E-state index contributed by atoms with van der Waals surface area (Å²) in [5.74, 6) is -6.75. The molecule has 250 valence electrons. The van der Waals surface area contributed by atoms with E-state index in [2.05, 4.69) is 10.00 Å². The number of carbonyl (C=O) groups is 3. The Hall–Kier alpha value is -5.85. The van der Waals surface area contributed by atoms with E-state index in [0.29, 0.717) is 30.8 Å². The van der Waals surface area contributed by atoms with Crippen LogP contribution in [0.15, 0.2) is 96.2 Å². The molecule has 6 rings (SSSR count). The molecule has 2 aromatic heterocycles. The Morgan fingerprint density at radius 2 is 1.41 bits per heavy atom. The van der Waals surface area contributed by atoms with Gasteiger partial charge in [-0.15, -0.1) is 0 Å². The van der Waals surface area contributed by atoms with E-state index in [4.69, 9.17) is 0 Å². The van der Waals surface area contributed by atoms with Crippen LogP contribution >= 0.6 is 0 Å². The molecule has 1 saturated heterocycles. The number of ketones is 2. The lowest BCUT2D eigenvalue weighted by atomic mass is 10.00. The second-order valence-corrected chi connectivity index (χ2v) is 11.6. The van der Waals surface area contributed by atoms with Gasteiger partial charge < -0.3 is 14.4 Å². The van der Waals surface area contributed by atoms with Gasteiger partial charge in [0, 0.05) is 74.6 Å². The minimum absolute atomic E-state index is 0.113. The molecule has 0 unspecified atom stereocenters. The van der Waals surface area contributed by atoms with Crippen molar-refractivity contribution in [3.05, 3.63) is 147 Å². The monoisotopic (exact) mass is 671 g/mol. The van der Waals surface area contributed by atoms with E-state index in [1.807, 2.05) is 36.5 Å². The van der Waals surface area contributed by atoms with Gasteiger partial charge in [-0.05, 0) is 59.7 Å². The number of rotatable bonds is 10. The molecule has 1 aliphatic rings. The van der Waals surface area contributed by atoms with Crippen molar-refractivity contribution in [2.45, 2.75) is 19.4 Å². The van der Waals surface area contributed by atoms with Crippen LogP contribution in [0.1, 0.15) is 33.5 Å². The van der Waals surface area contributed by atoms with Crippen LogP contribution in [0.5, 0.6) is 0 Å². The highest BCUT2D eigenvalue weighted by molar-refractivity contribution is 6.40. The van der Waals surface area contributed by atoms with E-state index in [-0.39, 0.29) is 25.2 Å². The van der Waals surface area contributed by atoms with Gasteiger partial charge in [-0.25, -0.2) is 22.2 Å². The van der Waals surface area contributed by atoms with Gasteiger partial charge in [-0.1, -0.05) is 12.1 Å². The van der Waals surface area contributed by atoms with Crippen LogP contribution in [0, 0.1) is 23.3 Å². The molecule has 1 fully saturated rings. The smallest absolute Gasteiger partial charge is 0.290 e. The highest BCUT2D eigenvalue weighted by Gasteiger charge is 2.29. The first-order valence-electron chi connectivity index (χ1n) is 15.4. The average Bonchev–Trinajstić information content (AvgIpc) is 3.64. The number of hydrogen-bond donors (Lipinski definition) is 0. The summed E-state index contributed by atoms with van der Waals surface area (Å²) in [5, 5.41) is 4.21. The SMILES string of the molecule is O=C(CC(=O)c1cc(Cc2c(F)cc(F)cc2F)cn(Cc2ccc(F)cc2)c1=O)C(=O)N1CCN(c2ccc(-n3cccn3)cc2)CC1. The molecule has 13 heteroatoms. The number of Topliss-reactive ketones (excluding diaryl/α,β-unsaturated/α-hetero) is 2. The number of piperazine rings is 1. The number of amides is 1. The maximum Gasteiger partial charge on any atom is 0.290 e. The van der Waals surface area contributed by atoms with E-state index >= 15 is 0 Å². The van der Waals surface area contributed by atoms with Crippen molar-refractivity contribution in [3.63, 3.8) is 0 Å². The molecule has 3 heterocycles. The Morgan fingerprint density at radius 3 is 2.04 bits per heavy atom. The number of carbonyl (C=O) groups excluding carboxylic acids is 3. The lowest BCUT2D eigenvalue weighted by molar-refractivity contribution is -0.144. The largest absolute Gasteiger partial charge is 0.368 e. The number of hydrogen-bond acceptors (Lipinski definition) is 6. The molecule has 9 nitrogen and oxygen atoms in total. The zero-order valence-corrected chi connectivity index (χ0v) is 26.0. The Balaban J connectivity index is 1.16. The normalized spacial score (nSPS) is 13.1. The molecule has 5 aromatic rings. The van der Waals surface area contributed by atoms with Crippen molar-refractivity contribution in [1.29, 1.82) is 0 Å². The van der Waals surface area contributed by atoms with Gasteiger partial charge in [0.1, 0.15) is 23.3 Å². The molecule has 0 N–H and O–H groups in total. The summed E-state index contributed by atoms with van der Waals surface area (Å²) in [6.45, 7) is 1.22. The molecule has 0 aliphatic carbocycles. The van der Waals surface area contributed by atoms with Crippen LogP contribution in [0.3, 0.4) is 0 Å². The fourth-order valence-corrected chi connectivity index (χ4v) is 5.74. The van der Waals surface area contributed by atoms with Crippen LogP contribution in [-0.4, -0.2) is 62.9 Å². The second-order valence-electron chi connectivity index (χ2n) is 11.6. The first kappa shape index (κ1) is 33.1. The number of nitrogens with zero attached hydrogens (tertiary/aromatic N) is 5. The van der Waals surface area contributed by atoms with E-state index in [9.17, 15) is 36.7 Å². The molecule has 1 amide bonds. The summed E-state index contributed by atoms with van der Waals surface area (Å²) < 4.78 is 58.8. The average molecular weight is 672 g/mol. The van der Waals surface area contributed by atoms with Crippen LogP contribution in [0.25, 0.3) is 5.69 Å². The van der Waals surface area contributed by atoms with Crippen LogP contribution in [0.4, 0.5) is 23.2 Å². The second kappa shape index (κ2) is 14.1. The van der Waals surface area contributed by atoms with Crippen molar-refractivity contribution in [3.8, 4) is 5.69 Å². The zero-order valence-electron chi connectivity index (χ0n) is 26.0. The van der Waals surface area contributed by atoms with E-state index in [1.54, 1.807) is 10.9 Å². The lowest BCUT2D eigenvalue weighted by Gasteiger charge is -2.35. The van der Waals surface area contributed by atoms with Gasteiger partial charge >= 0.3 is 0 Å². The maximum atomic E-state index is 14.5. The third kappa shape index (κ3) is 7.51. The van der Waals surface area contributed by atoms with Crippen LogP contribution in [-0.2, 0) is 22.6 Å². The molecule has 0 spiro atoms. The third-order valence-corrected chi connectivity index (χ3v) is 8.31. The number of pyridine rings is 1. The van der Waals surface area contributed by atoms with Crippen molar-refractivity contribution >= 4 is 23.2 Å². The lowest BCUT2D eigenvalue weighted by Crippen LogP contribution is -2.51. The van der Waals surface area contributed by atoms with Crippen LogP contribution in [0.2, 0.25) is 0 Å². The van der Waals surface area contributed by atoms with Crippen molar-refractivity contribution in [2.75, 3.05) is 31.1 Å². The Bertz CT molecular complexity index is 2050. The molecule has 3 aromatic carbocycles. The van der Waals surface area contributed by atoms with Crippen LogP contribution < -0.4 is 10.5 Å².